The maximum Gasteiger partial charge on any atom is 0.261 e. The van der Waals surface area contributed by atoms with Gasteiger partial charge in [-0.2, -0.15) is 4.68 Å². The average Bonchev–Trinajstić information content (AvgIpc) is 3.10. The fourth-order valence-electron chi connectivity index (χ4n) is 2.36. The van der Waals surface area contributed by atoms with Gasteiger partial charge < -0.3 is 0 Å². The first-order valence-corrected chi connectivity index (χ1v) is 9.02. The molecule has 0 radical (unpaired) electrons. The number of tetrazole rings is 1. The van der Waals surface area contributed by atoms with Crippen LogP contribution in [0.15, 0.2) is 59.8 Å². The van der Waals surface area contributed by atoms with E-state index in [2.05, 4.69) is 27.2 Å². The molecule has 7 nitrogen and oxygen atoms in total. The van der Waals surface area contributed by atoms with Crippen molar-refractivity contribution in [3.8, 4) is 5.69 Å². The lowest BCUT2D eigenvalue weighted by atomic mass is 10.1. The van der Waals surface area contributed by atoms with E-state index < -0.39 is 10.0 Å². The van der Waals surface area contributed by atoms with Crippen LogP contribution in [0.3, 0.4) is 0 Å². The quantitative estimate of drug-likeness (QED) is 0.742. The Hall–Kier alpha value is -2.74. The lowest BCUT2D eigenvalue weighted by Crippen LogP contribution is -2.15. The fourth-order valence-corrected chi connectivity index (χ4v) is 3.43. The summed E-state index contributed by atoms with van der Waals surface area (Å²) in [6.45, 7) is 2.09. The van der Waals surface area contributed by atoms with E-state index >= 15 is 0 Å². The minimum atomic E-state index is -3.69. The number of benzene rings is 2. The average molecular weight is 343 g/mol. The molecule has 0 fully saturated rings. The van der Waals surface area contributed by atoms with Crippen molar-refractivity contribution in [3.63, 3.8) is 0 Å². The van der Waals surface area contributed by atoms with Gasteiger partial charge in [0.15, 0.2) is 0 Å². The Balaban J connectivity index is 1.90. The van der Waals surface area contributed by atoms with Crippen molar-refractivity contribution in [1.82, 2.24) is 20.2 Å². The summed E-state index contributed by atoms with van der Waals surface area (Å²) in [4.78, 5) is 0.217. The van der Waals surface area contributed by atoms with E-state index in [1.807, 2.05) is 12.1 Å². The van der Waals surface area contributed by atoms with E-state index in [0.717, 1.165) is 18.4 Å². The van der Waals surface area contributed by atoms with Gasteiger partial charge in [0.2, 0.25) is 0 Å². The Morgan fingerprint density at radius 1 is 1.08 bits per heavy atom. The monoisotopic (exact) mass is 343 g/mol. The highest BCUT2D eigenvalue weighted by Gasteiger charge is 2.16. The van der Waals surface area contributed by atoms with Gasteiger partial charge in [0, 0.05) is 0 Å². The van der Waals surface area contributed by atoms with Crippen molar-refractivity contribution in [2.45, 2.75) is 24.7 Å². The summed E-state index contributed by atoms with van der Waals surface area (Å²) in [6.07, 6.45) is 3.35. The van der Waals surface area contributed by atoms with Crippen LogP contribution >= 0.6 is 0 Å². The van der Waals surface area contributed by atoms with Crippen molar-refractivity contribution >= 4 is 15.7 Å². The Morgan fingerprint density at radius 3 is 2.50 bits per heavy atom. The highest BCUT2D eigenvalue weighted by molar-refractivity contribution is 7.92. The third-order valence-electron chi connectivity index (χ3n) is 3.52. The standard InChI is InChI=1S/C16H17N5O2S/c1-2-5-13-8-10-14(11-9-13)24(22,23)18-15-6-3-4-7-16(15)21-12-17-19-20-21/h3-4,6-12,18H,2,5H2,1H3. The highest BCUT2D eigenvalue weighted by atomic mass is 32.2. The zero-order chi connectivity index (χ0) is 17.0. The number of nitrogens with zero attached hydrogens (tertiary/aromatic N) is 4. The number of hydrogen-bond donors (Lipinski definition) is 1. The van der Waals surface area contributed by atoms with E-state index in [4.69, 9.17) is 0 Å². The van der Waals surface area contributed by atoms with Crippen LogP contribution in [-0.2, 0) is 16.4 Å². The Bertz CT molecular complexity index is 906. The number of aromatic nitrogens is 4. The number of para-hydroxylation sites is 2. The summed E-state index contributed by atoms with van der Waals surface area (Å²) in [5, 5.41) is 11.0. The molecule has 1 N–H and O–H groups in total. The molecule has 0 aliphatic heterocycles. The largest absolute Gasteiger partial charge is 0.277 e. The molecular weight excluding hydrogens is 326 g/mol. The zero-order valence-corrected chi connectivity index (χ0v) is 13.9. The molecule has 0 aliphatic carbocycles. The van der Waals surface area contributed by atoms with E-state index in [1.165, 1.54) is 11.0 Å². The van der Waals surface area contributed by atoms with Crippen molar-refractivity contribution < 1.29 is 8.42 Å². The summed E-state index contributed by atoms with van der Waals surface area (Å²) in [5.41, 5.74) is 2.07. The Morgan fingerprint density at radius 2 is 1.83 bits per heavy atom. The van der Waals surface area contributed by atoms with Gasteiger partial charge in [-0.15, -0.1) is 5.10 Å². The third-order valence-corrected chi connectivity index (χ3v) is 4.90. The van der Waals surface area contributed by atoms with Crippen molar-refractivity contribution in [2.75, 3.05) is 4.72 Å². The van der Waals surface area contributed by atoms with Crippen LogP contribution in [-0.4, -0.2) is 28.6 Å². The van der Waals surface area contributed by atoms with Crippen molar-refractivity contribution in [3.05, 3.63) is 60.4 Å². The molecule has 0 amide bonds. The van der Waals surface area contributed by atoms with E-state index in [0.29, 0.717) is 11.4 Å². The topological polar surface area (TPSA) is 89.8 Å². The zero-order valence-electron chi connectivity index (χ0n) is 13.1. The first-order valence-electron chi connectivity index (χ1n) is 7.54. The summed E-state index contributed by atoms with van der Waals surface area (Å²) in [6, 6.07) is 13.8. The van der Waals surface area contributed by atoms with E-state index in [1.54, 1.807) is 36.4 Å². The molecule has 0 atom stereocenters. The van der Waals surface area contributed by atoms with Crippen molar-refractivity contribution in [2.24, 2.45) is 0 Å². The van der Waals surface area contributed by atoms with Gasteiger partial charge in [-0.3, -0.25) is 4.72 Å². The summed E-state index contributed by atoms with van der Waals surface area (Å²) < 4.78 is 29.2. The van der Waals surface area contributed by atoms with Crippen LogP contribution in [0.5, 0.6) is 0 Å². The molecule has 0 saturated carbocycles. The van der Waals surface area contributed by atoms with Crippen LogP contribution in [0.1, 0.15) is 18.9 Å². The SMILES string of the molecule is CCCc1ccc(S(=O)(=O)Nc2ccccc2-n2cnnn2)cc1. The van der Waals surface area contributed by atoms with Gasteiger partial charge in [-0.05, 0) is 46.7 Å². The minimum absolute atomic E-state index is 0.217. The molecule has 8 heteroatoms. The van der Waals surface area contributed by atoms with Crippen LogP contribution in [0.2, 0.25) is 0 Å². The number of hydrogen-bond acceptors (Lipinski definition) is 5. The number of nitrogens with one attached hydrogen (secondary N) is 1. The summed E-state index contributed by atoms with van der Waals surface area (Å²) in [7, 11) is -3.69. The molecule has 3 rings (SSSR count). The molecule has 24 heavy (non-hydrogen) atoms. The third kappa shape index (κ3) is 3.43. The number of aryl methyl sites for hydroxylation is 1. The normalized spacial score (nSPS) is 11.4. The van der Waals surface area contributed by atoms with Crippen LogP contribution in [0.25, 0.3) is 5.69 Å². The molecule has 0 unspecified atom stereocenters. The Kier molecular flexibility index (Phi) is 4.57. The molecule has 124 valence electrons. The number of anilines is 1. The molecule has 1 aromatic heterocycles. The fraction of sp³-hybridized carbons (Fsp3) is 0.188. The summed E-state index contributed by atoms with van der Waals surface area (Å²) >= 11 is 0. The maximum absolute atomic E-state index is 12.6. The highest BCUT2D eigenvalue weighted by Crippen LogP contribution is 2.22. The molecule has 0 spiro atoms. The first-order chi connectivity index (χ1) is 11.6. The van der Waals surface area contributed by atoms with Gasteiger partial charge in [0.25, 0.3) is 10.0 Å². The van der Waals surface area contributed by atoms with Gasteiger partial charge in [0.1, 0.15) is 6.33 Å². The molecule has 0 saturated heterocycles. The van der Waals surface area contributed by atoms with Gasteiger partial charge in [-0.25, -0.2) is 8.42 Å². The second-order valence-corrected chi connectivity index (χ2v) is 6.95. The van der Waals surface area contributed by atoms with Gasteiger partial charge >= 0.3 is 0 Å². The predicted octanol–water partition coefficient (Wildman–Crippen LogP) is 2.42. The van der Waals surface area contributed by atoms with Crippen LogP contribution < -0.4 is 4.72 Å². The number of sulfonamides is 1. The lowest BCUT2D eigenvalue weighted by Gasteiger charge is -2.12. The lowest BCUT2D eigenvalue weighted by molar-refractivity contribution is 0.601. The Labute approximate surface area is 140 Å². The molecule has 3 aromatic rings. The molecular formula is C16H17N5O2S. The second-order valence-electron chi connectivity index (χ2n) is 5.27. The molecule has 2 aromatic carbocycles. The molecule has 0 bridgehead atoms. The van der Waals surface area contributed by atoms with E-state index in [-0.39, 0.29) is 4.90 Å². The predicted molar refractivity (Wildman–Crippen MR) is 90.4 cm³/mol. The smallest absolute Gasteiger partial charge is 0.261 e. The van der Waals surface area contributed by atoms with Crippen LogP contribution in [0.4, 0.5) is 5.69 Å². The van der Waals surface area contributed by atoms with Crippen molar-refractivity contribution in [1.29, 1.82) is 0 Å². The van der Waals surface area contributed by atoms with Gasteiger partial charge in [0.05, 0.1) is 16.3 Å². The minimum Gasteiger partial charge on any atom is -0.277 e. The first kappa shape index (κ1) is 16.1. The van der Waals surface area contributed by atoms with Crippen LogP contribution in [0, 0.1) is 0 Å². The molecule has 0 aliphatic rings. The summed E-state index contributed by atoms with van der Waals surface area (Å²) in [5.74, 6) is 0. The molecule has 1 heterocycles. The van der Waals surface area contributed by atoms with E-state index in [9.17, 15) is 8.42 Å². The van der Waals surface area contributed by atoms with Gasteiger partial charge in [-0.1, -0.05) is 37.6 Å². The second kappa shape index (κ2) is 6.79. The number of rotatable bonds is 6. The maximum atomic E-state index is 12.6.